The van der Waals surface area contributed by atoms with Crippen molar-refractivity contribution >= 4 is 28.3 Å². The topological polar surface area (TPSA) is 12.0 Å². The van der Waals surface area contributed by atoms with Crippen molar-refractivity contribution in [1.82, 2.24) is 5.32 Å². The maximum atomic E-state index is 5.45. The Morgan fingerprint density at radius 1 is 0.552 bits per heavy atom. The molecule has 0 aromatic carbocycles. The van der Waals surface area contributed by atoms with Crippen molar-refractivity contribution in [2.75, 3.05) is 12.3 Å². The summed E-state index contributed by atoms with van der Waals surface area (Å²) in [5, 5.41) is 3.44. The Labute approximate surface area is 206 Å². The van der Waals surface area contributed by atoms with Crippen molar-refractivity contribution < 1.29 is 19.5 Å². The van der Waals surface area contributed by atoms with E-state index >= 15 is 0 Å². The fourth-order valence-electron chi connectivity index (χ4n) is 3.61. The molecule has 0 fully saturated rings. The molecule has 1 nitrogen and oxygen atoms in total. The Bertz CT molecular complexity index is 285. The number of hydrogen-bond donors (Lipinski definition) is 1. The van der Waals surface area contributed by atoms with E-state index in [9.17, 15) is 0 Å². The van der Waals surface area contributed by atoms with Gasteiger partial charge in [-0.3, -0.25) is 0 Å². The summed E-state index contributed by atoms with van der Waals surface area (Å²) in [6.07, 6.45) is 28.1. The molecule has 1 N–H and O–H groups in total. The van der Waals surface area contributed by atoms with Crippen LogP contribution >= 0.6 is 24.0 Å². The first-order valence-corrected chi connectivity index (χ1v) is 14.1. The summed E-state index contributed by atoms with van der Waals surface area (Å²) in [5.74, 6) is 1.19. The molecule has 0 saturated carbocycles. The normalized spacial score (nSPS) is 10.7. The van der Waals surface area contributed by atoms with Crippen LogP contribution in [0.15, 0.2) is 0 Å². The first kappa shape index (κ1) is 32.0. The molecule has 0 saturated heterocycles. The molecule has 0 rings (SSSR count). The maximum Gasteiger partial charge on any atom is 0.133 e. The number of rotatable bonds is 22. The fourth-order valence-corrected chi connectivity index (χ4v) is 4.70. The van der Waals surface area contributed by atoms with E-state index < -0.39 is 0 Å². The van der Waals surface area contributed by atoms with E-state index in [1.54, 1.807) is 0 Å². The van der Waals surface area contributed by atoms with Gasteiger partial charge in [-0.25, -0.2) is 0 Å². The Hall–Kier alpha value is 0.863. The van der Waals surface area contributed by atoms with Gasteiger partial charge in [0.15, 0.2) is 0 Å². The van der Waals surface area contributed by atoms with Crippen molar-refractivity contribution in [3.05, 3.63) is 0 Å². The summed E-state index contributed by atoms with van der Waals surface area (Å²) in [7, 11) is 0. The van der Waals surface area contributed by atoms with Crippen molar-refractivity contribution in [3.8, 4) is 0 Å². The van der Waals surface area contributed by atoms with Crippen LogP contribution in [0, 0.1) is 0 Å². The van der Waals surface area contributed by atoms with Gasteiger partial charge >= 0.3 is 0 Å². The van der Waals surface area contributed by atoms with Gasteiger partial charge in [-0.2, -0.15) is 0 Å². The summed E-state index contributed by atoms with van der Waals surface area (Å²) in [5.41, 5.74) is 0. The standard InChI is InChI=1S/C25H51NS2.Zn/c1-3-5-7-9-11-13-15-17-19-21-23-26-25(27)28-24-22-20-18-16-14-12-10-8-6-4-2;/h3-24H2,1-2H3,(H,26,27);. The van der Waals surface area contributed by atoms with Gasteiger partial charge in [0.05, 0.1) is 0 Å². The van der Waals surface area contributed by atoms with Crippen LogP contribution in [0.2, 0.25) is 0 Å². The molecule has 0 unspecified atom stereocenters. The largest absolute Gasteiger partial charge is 0.371 e. The molecule has 170 valence electrons. The summed E-state index contributed by atoms with van der Waals surface area (Å²) in [6.45, 7) is 5.65. The number of thiocarbonyl (C=S) groups is 1. The van der Waals surface area contributed by atoms with Crippen molar-refractivity contribution in [2.24, 2.45) is 0 Å². The van der Waals surface area contributed by atoms with Crippen LogP contribution in [0.5, 0.6) is 0 Å². The van der Waals surface area contributed by atoms with E-state index in [2.05, 4.69) is 19.2 Å². The minimum Gasteiger partial charge on any atom is -0.371 e. The van der Waals surface area contributed by atoms with Gasteiger partial charge in [0.1, 0.15) is 4.32 Å². The predicted molar refractivity (Wildman–Crippen MR) is 137 cm³/mol. The second-order valence-electron chi connectivity index (χ2n) is 8.43. The molecule has 0 aliphatic carbocycles. The first-order valence-electron chi connectivity index (χ1n) is 12.7. The molecular weight excluding hydrogens is 444 g/mol. The third kappa shape index (κ3) is 28.9. The minimum atomic E-state index is 0. The summed E-state index contributed by atoms with van der Waals surface area (Å²) in [4.78, 5) is 0. The predicted octanol–water partition coefficient (Wildman–Crippen LogP) is 9.43. The maximum absolute atomic E-state index is 5.45. The van der Waals surface area contributed by atoms with Crippen molar-refractivity contribution in [2.45, 2.75) is 142 Å². The van der Waals surface area contributed by atoms with Gasteiger partial charge in [-0.15, -0.1) is 0 Å². The fraction of sp³-hybridized carbons (Fsp3) is 0.960. The van der Waals surface area contributed by atoms with Crippen molar-refractivity contribution in [1.29, 1.82) is 0 Å². The van der Waals surface area contributed by atoms with E-state index in [4.69, 9.17) is 12.2 Å². The van der Waals surface area contributed by atoms with Gasteiger partial charge in [0.25, 0.3) is 0 Å². The molecule has 0 aliphatic heterocycles. The number of hydrogen-bond acceptors (Lipinski definition) is 2. The first-order chi connectivity index (χ1) is 13.8. The van der Waals surface area contributed by atoms with Crippen LogP contribution in [-0.2, 0) is 19.5 Å². The van der Waals surface area contributed by atoms with E-state index in [0.717, 1.165) is 10.9 Å². The summed E-state index contributed by atoms with van der Waals surface area (Å²) in [6, 6.07) is 0. The second kappa shape index (κ2) is 28.9. The molecular formula is C25H51NS2Zn. The molecule has 0 atom stereocenters. The molecule has 0 amide bonds. The third-order valence-electron chi connectivity index (χ3n) is 5.53. The van der Waals surface area contributed by atoms with Crippen LogP contribution in [0.1, 0.15) is 142 Å². The minimum absolute atomic E-state index is 0. The van der Waals surface area contributed by atoms with E-state index in [1.807, 2.05) is 11.8 Å². The summed E-state index contributed by atoms with van der Waals surface area (Å²) >= 11 is 7.30. The van der Waals surface area contributed by atoms with Gasteiger partial charge in [-0.05, 0) is 12.8 Å². The molecule has 0 aromatic rings. The SMILES string of the molecule is CCCCCCCCCCCCNC(=S)SCCCCCCCCCCCC.[Zn]. The zero-order valence-corrected chi connectivity index (χ0v) is 24.7. The monoisotopic (exact) mass is 493 g/mol. The van der Waals surface area contributed by atoms with Gasteiger partial charge in [-0.1, -0.05) is 153 Å². The molecule has 4 heteroatoms. The van der Waals surface area contributed by atoms with E-state index in [-0.39, 0.29) is 19.5 Å². The Balaban J connectivity index is 0. The Kier molecular flexibility index (Phi) is 31.9. The molecule has 0 radical (unpaired) electrons. The zero-order valence-electron chi connectivity index (χ0n) is 20.1. The van der Waals surface area contributed by atoms with E-state index in [1.165, 1.54) is 134 Å². The Morgan fingerprint density at radius 2 is 0.897 bits per heavy atom. The molecule has 0 aliphatic rings. The molecule has 0 bridgehead atoms. The molecule has 29 heavy (non-hydrogen) atoms. The van der Waals surface area contributed by atoms with Gasteiger partial charge in [0.2, 0.25) is 0 Å². The average Bonchev–Trinajstić information content (AvgIpc) is 2.70. The van der Waals surface area contributed by atoms with Crippen LogP contribution < -0.4 is 5.32 Å². The van der Waals surface area contributed by atoms with Crippen LogP contribution in [-0.4, -0.2) is 16.6 Å². The van der Waals surface area contributed by atoms with Crippen LogP contribution in [0.4, 0.5) is 0 Å². The quantitative estimate of drug-likeness (QED) is 0.0913. The number of thioether (sulfide) groups is 1. The molecule has 0 spiro atoms. The number of unbranched alkanes of at least 4 members (excludes halogenated alkanes) is 18. The third-order valence-corrected chi connectivity index (χ3v) is 6.93. The van der Waals surface area contributed by atoms with Crippen LogP contribution in [0.3, 0.4) is 0 Å². The molecule has 0 heterocycles. The van der Waals surface area contributed by atoms with Crippen molar-refractivity contribution in [3.63, 3.8) is 0 Å². The summed E-state index contributed by atoms with van der Waals surface area (Å²) < 4.78 is 1.02. The molecule has 0 aromatic heterocycles. The van der Waals surface area contributed by atoms with Crippen LogP contribution in [0.25, 0.3) is 0 Å². The second-order valence-corrected chi connectivity index (χ2v) is 10.2. The number of nitrogens with one attached hydrogen (secondary N) is 1. The van der Waals surface area contributed by atoms with Gasteiger partial charge < -0.3 is 5.32 Å². The smallest absolute Gasteiger partial charge is 0.133 e. The van der Waals surface area contributed by atoms with E-state index in [0.29, 0.717) is 0 Å². The zero-order chi connectivity index (χ0) is 20.5. The Morgan fingerprint density at radius 3 is 1.31 bits per heavy atom. The average molecular weight is 495 g/mol. The van der Waals surface area contributed by atoms with Gasteiger partial charge in [0, 0.05) is 31.8 Å².